The van der Waals surface area contributed by atoms with Crippen LogP contribution >= 0.6 is 0 Å². The number of alkyl halides is 3. The van der Waals surface area contributed by atoms with Crippen molar-refractivity contribution in [3.05, 3.63) is 18.1 Å². The minimum Gasteiger partial charge on any atom is -0.372 e. The fourth-order valence-electron chi connectivity index (χ4n) is 1.46. The number of hydrogen-bond acceptors (Lipinski definition) is 4. The van der Waals surface area contributed by atoms with Crippen LogP contribution in [0.15, 0.2) is 12.4 Å². The van der Waals surface area contributed by atoms with E-state index < -0.39 is 17.6 Å². The van der Waals surface area contributed by atoms with Crippen molar-refractivity contribution in [2.24, 2.45) is 0 Å². The van der Waals surface area contributed by atoms with Gasteiger partial charge in [-0.3, -0.25) is 4.79 Å². The molecule has 2 N–H and O–H groups in total. The molecule has 1 aromatic rings. The normalized spacial score (nSPS) is 17.1. The molecule has 0 aliphatic heterocycles. The first-order valence-electron chi connectivity index (χ1n) is 5.27. The Morgan fingerprint density at radius 1 is 1.33 bits per heavy atom. The van der Waals surface area contributed by atoms with Gasteiger partial charge in [0.05, 0.1) is 12.4 Å². The molecule has 0 bridgehead atoms. The van der Waals surface area contributed by atoms with Gasteiger partial charge < -0.3 is 10.6 Å². The zero-order valence-electron chi connectivity index (χ0n) is 9.51. The summed E-state index contributed by atoms with van der Waals surface area (Å²) in [5.41, 5.74) is -2.21. The first kappa shape index (κ1) is 12.6. The van der Waals surface area contributed by atoms with Gasteiger partial charge in [0.25, 0.3) is 5.91 Å². The zero-order chi connectivity index (χ0) is 13.4. The Balaban J connectivity index is 2.08. The Kier molecular flexibility index (Phi) is 2.88. The number of hydrogen-bond donors (Lipinski definition) is 2. The van der Waals surface area contributed by atoms with E-state index in [2.05, 4.69) is 15.3 Å². The molecular weight excluding hydrogens is 249 g/mol. The van der Waals surface area contributed by atoms with Gasteiger partial charge in [-0.1, -0.05) is 0 Å². The van der Waals surface area contributed by atoms with Crippen LogP contribution in [0.4, 0.5) is 19.0 Å². The van der Waals surface area contributed by atoms with Crippen LogP contribution in [0.25, 0.3) is 0 Å². The number of anilines is 1. The maximum Gasteiger partial charge on any atom is 0.411 e. The molecule has 0 saturated heterocycles. The third-order valence-corrected chi connectivity index (χ3v) is 2.79. The van der Waals surface area contributed by atoms with Gasteiger partial charge in [0.15, 0.2) is 0 Å². The van der Waals surface area contributed by atoms with Gasteiger partial charge in [-0.25, -0.2) is 9.97 Å². The topological polar surface area (TPSA) is 66.9 Å². The van der Waals surface area contributed by atoms with E-state index in [4.69, 9.17) is 0 Å². The van der Waals surface area contributed by atoms with Gasteiger partial charge >= 0.3 is 6.18 Å². The summed E-state index contributed by atoms with van der Waals surface area (Å²) in [6, 6.07) is 0. The van der Waals surface area contributed by atoms with Crippen molar-refractivity contribution in [2.45, 2.75) is 24.6 Å². The molecule has 98 valence electrons. The van der Waals surface area contributed by atoms with Crippen molar-refractivity contribution in [3.63, 3.8) is 0 Å². The van der Waals surface area contributed by atoms with E-state index in [0.717, 1.165) is 6.20 Å². The Morgan fingerprint density at radius 3 is 2.39 bits per heavy atom. The quantitative estimate of drug-likeness (QED) is 0.860. The predicted molar refractivity (Wildman–Crippen MR) is 57.1 cm³/mol. The first-order chi connectivity index (χ1) is 8.38. The average Bonchev–Trinajstić information content (AvgIpc) is 3.09. The largest absolute Gasteiger partial charge is 0.411 e. The monoisotopic (exact) mass is 260 g/mol. The summed E-state index contributed by atoms with van der Waals surface area (Å²) in [7, 11) is 1.62. The molecule has 1 heterocycles. The number of carbonyl (C=O) groups is 1. The second-order valence-electron chi connectivity index (χ2n) is 4.07. The summed E-state index contributed by atoms with van der Waals surface area (Å²) in [5, 5.41) is 4.67. The molecule has 1 aromatic heterocycles. The number of carbonyl (C=O) groups excluding carboxylic acids is 1. The Bertz CT molecular complexity index is 453. The highest BCUT2D eigenvalue weighted by Gasteiger charge is 2.64. The third kappa shape index (κ3) is 2.22. The number of nitrogens with zero attached hydrogens (tertiary/aromatic N) is 2. The summed E-state index contributed by atoms with van der Waals surface area (Å²) >= 11 is 0. The molecule has 0 aromatic carbocycles. The highest BCUT2D eigenvalue weighted by atomic mass is 19.4. The lowest BCUT2D eigenvalue weighted by Gasteiger charge is -2.20. The van der Waals surface area contributed by atoms with E-state index in [1.54, 1.807) is 7.05 Å². The highest BCUT2D eigenvalue weighted by Crippen LogP contribution is 2.48. The van der Waals surface area contributed by atoms with Crippen LogP contribution in [0.1, 0.15) is 23.3 Å². The Labute approximate surface area is 101 Å². The molecule has 1 fully saturated rings. The molecule has 1 aliphatic carbocycles. The minimum atomic E-state index is -4.43. The molecule has 5 nitrogen and oxygen atoms in total. The van der Waals surface area contributed by atoms with Crippen LogP contribution in [-0.4, -0.2) is 34.6 Å². The van der Waals surface area contributed by atoms with Crippen LogP contribution in [-0.2, 0) is 0 Å². The van der Waals surface area contributed by atoms with Crippen LogP contribution < -0.4 is 10.6 Å². The van der Waals surface area contributed by atoms with Gasteiger partial charge in [-0.05, 0) is 12.8 Å². The van der Waals surface area contributed by atoms with E-state index in [-0.39, 0.29) is 18.5 Å². The van der Waals surface area contributed by atoms with E-state index in [1.807, 2.05) is 5.32 Å². The standard InChI is InChI=1S/C10H11F3N4O/c1-14-7-5-15-6(4-16-7)8(18)17-9(2-3-9)10(11,12)13/h4-5H,2-3H2,1H3,(H,14,16)(H,17,18). The van der Waals surface area contributed by atoms with E-state index >= 15 is 0 Å². The second-order valence-corrected chi connectivity index (χ2v) is 4.07. The van der Waals surface area contributed by atoms with Crippen molar-refractivity contribution in [3.8, 4) is 0 Å². The number of amides is 1. The summed E-state index contributed by atoms with van der Waals surface area (Å²) in [6.07, 6.45) is -2.20. The molecular formula is C10H11F3N4O. The SMILES string of the molecule is CNc1cnc(C(=O)NC2(C(F)(F)F)CC2)cn1. The number of aromatic nitrogens is 2. The molecule has 2 rings (SSSR count). The molecule has 1 amide bonds. The lowest BCUT2D eigenvalue weighted by atomic mass is 10.2. The molecule has 0 unspecified atom stereocenters. The number of nitrogens with one attached hydrogen (secondary N) is 2. The van der Waals surface area contributed by atoms with Crippen molar-refractivity contribution in [2.75, 3.05) is 12.4 Å². The summed E-state index contributed by atoms with van der Waals surface area (Å²) in [4.78, 5) is 19.2. The van der Waals surface area contributed by atoms with Gasteiger partial charge in [0.2, 0.25) is 0 Å². The third-order valence-electron chi connectivity index (χ3n) is 2.79. The maximum absolute atomic E-state index is 12.6. The Hall–Kier alpha value is -1.86. The van der Waals surface area contributed by atoms with E-state index in [0.29, 0.717) is 5.82 Å². The van der Waals surface area contributed by atoms with E-state index in [9.17, 15) is 18.0 Å². The van der Waals surface area contributed by atoms with Crippen molar-refractivity contribution < 1.29 is 18.0 Å². The lowest BCUT2D eigenvalue weighted by Crippen LogP contribution is -2.48. The summed E-state index contributed by atoms with van der Waals surface area (Å²) in [6.45, 7) is 0. The first-order valence-corrected chi connectivity index (χ1v) is 5.27. The van der Waals surface area contributed by atoms with Gasteiger partial charge in [0, 0.05) is 7.05 Å². The van der Waals surface area contributed by atoms with Crippen molar-refractivity contribution in [1.29, 1.82) is 0 Å². The van der Waals surface area contributed by atoms with Crippen molar-refractivity contribution >= 4 is 11.7 Å². The smallest absolute Gasteiger partial charge is 0.372 e. The summed E-state index contributed by atoms with van der Waals surface area (Å²) < 4.78 is 37.9. The molecule has 0 radical (unpaired) electrons. The van der Waals surface area contributed by atoms with Crippen LogP contribution in [0.3, 0.4) is 0 Å². The van der Waals surface area contributed by atoms with Crippen LogP contribution in [0, 0.1) is 0 Å². The molecule has 18 heavy (non-hydrogen) atoms. The fraction of sp³-hybridized carbons (Fsp3) is 0.500. The average molecular weight is 260 g/mol. The number of halogens is 3. The molecule has 1 saturated carbocycles. The highest BCUT2D eigenvalue weighted by molar-refractivity contribution is 5.92. The van der Waals surface area contributed by atoms with Gasteiger partial charge in [0.1, 0.15) is 17.1 Å². The number of rotatable bonds is 3. The van der Waals surface area contributed by atoms with Crippen molar-refractivity contribution in [1.82, 2.24) is 15.3 Å². The second kappa shape index (κ2) is 4.11. The maximum atomic E-state index is 12.6. The minimum absolute atomic E-state index is 0.0930. The van der Waals surface area contributed by atoms with Crippen LogP contribution in [0.2, 0.25) is 0 Å². The van der Waals surface area contributed by atoms with E-state index in [1.165, 1.54) is 6.20 Å². The predicted octanol–water partition coefficient (Wildman–Crippen LogP) is 1.34. The Morgan fingerprint density at radius 2 is 2.00 bits per heavy atom. The van der Waals surface area contributed by atoms with Crippen LogP contribution in [0.5, 0.6) is 0 Å². The van der Waals surface area contributed by atoms with Gasteiger partial charge in [-0.2, -0.15) is 13.2 Å². The summed E-state index contributed by atoms with van der Waals surface area (Å²) in [5.74, 6) is -0.427. The lowest BCUT2D eigenvalue weighted by molar-refractivity contribution is -0.163. The fourth-order valence-corrected chi connectivity index (χ4v) is 1.46. The molecule has 0 atom stereocenters. The zero-order valence-corrected chi connectivity index (χ0v) is 9.51. The molecule has 1 aliphatic rings. The molecule has 8 heteroatoms. The molecule has 0 spiro atoms. The van der Waals surface area contributed by atoms with Gasteiger partial charge in [-0.15, -0.1) is 0 Å².